The maximum Gasteiger partial charge on any atom is 0.238 e. The number of hydrogen-bond donors (Lipinski definition) is 2. The van der Waals surface area contributed by atoms with Crippen molar-refractivity contribution in [3.63, 3.8) is 0 Å². The third-order valence-corrected chi connectivity index (χ3v) is 5.83. The van der Waals surface area contributed by atoms with Crippen LogP contribution in [0.25, 0.3) is 5.69 Å². The first-order chi connectivity index (χ1) is 13.2. The van der Waals surface area contributed by atoms with Gasteiger partial charge < -0.3 is 5.32 Å². The average molecular weight is 439 g/mol. The van der Waals surface area contributed by atoms with E-state index in [0.717, 1.165) is 0 Å². The zero-order valence-corrected chi connectivity index (χ0v) is 16.9. The number of thioether (sulfide) groups is 1. The Balaban J connectivity index is 1.68. The van der Waals surface area contributed by atoms with Crippen molar-refractivity contribution in [2.24, 2.45) is 5.14 Å². The Labute approximate surface area is 170 Å². The molecule has 28 heavy (non-hydrogen) atoms. The summed E-state index contributed by atoms with van der Waals surface area (Å²) >= 11 is 7.07. The van der Waals surface area contributed by atoms with Gasteiger partial charge >= 0.3 is 0 Å². The first-order valence-corrected chi connectivity index (χ1v) is 10.7. The highest BCUT2D eigenvalue weighted by Crippen LogP contribution is 2.24. The van der Waals surface area contributed by atoms with E-state index in [0.29, 0.717) is 21.6 Å². The van der Waals surface area contributed by atoms with E-state index in [-0.39, 0.29) is 10.8 Å². The monoisotopic (exact) mass is 438 g/mol. The number of sulfonamides is 1. The Bertz CT molecular complexity index is 1080. The van der Waals surface area contributed by atoms with Gasteiger partial charge in [0, 0.05) is 10.7 Å². The Morgan fingerprint density at radius 3 is 2.43 bits per heavy atom. The van der Waals surface area contributed by atoms with E-state index in [1.807, 2.05) is 0 Å². The number of nitrogens with one attached hydrogen (secondary N) is 1. The van der Waals surface area contributed by atoms with E-state index in [1.165, 1.54) is 40.7 Å². The van der Waals surface area contributed by atoms with Crippen LogP contribution in [0, 0.1) is 0 Å². The number of rotatable bonds is 6. The second-order valence-corrected chi connectivity index (χ2v) is 8.97. The van der Waals surface area contributed by atoms with Crippen molar-refractivity contribution in [2.45, 2.75) is 22.2 Å². The zero-order valence-electron chi connectivity index (χ0n) is 14.5. The van der Waals surface area contributed by atoms with Crippen molar-refractivity contribution in [1.29, 1.82) is 0 Å². The van der Waals surface area contributed by atoms with Crippen molar-refractivity contribution in [3.8, 4) is 5.69 Å². The lowest BCUT2D eigenvalue weighted by atomic mass is 10.3. The van der Waals surface area contributed by atoms with Crippen molar-refractivity contribution in [3.05, 3.63) is 53.6 Å². The number of primary sulfonamides is 1. The molecule has 2 aromatic carbocycles. The van der Waals surface area contributed by atoms with Crippen LogP contribution < -0.4 is 10.5 Å². The minimum atomic E-state index is -3.78. The van der Waals surface area contributed by atoms with Gasteiger partial charge in [-0.3, -0.25) is 4.79 Å². The van der Waals surface area contributed by atoms with E-state index in [9.17, 15) is 13.2 Å². The molecule has 0 spiro atoms. The van der Waals surface area contributed by atoms with Gasteiger partial charge in [0.2, 0.25) is 21.1 Å². The van der Waals surface area contributed by atoms with E-state index < -0.39 is 15.3 Å². The standard InChI is InChI=1S/C16H15ClN6O3S2/c1-10(15(24)19-12-4-8-14(9-5-12)28(18,25)26)27-16-20-21-22-23(16)13-6-2-11(17)3-7-13/h2-10H,1H3,(H,19,24)(H2,18,25,26)/t10-/m1/s1. The van der Waals surface area contributed by atoms with E-state index in [2.05, 4.69) is 20.8 Å². The molecule has 0 aliphatic rings. The van der Waals surface area contributed by atoms with E-state index >= 15 is 0 Å². The summed E-state index contributed by atoms with van der Waals surface area (Å²) in [5.41, 5.74) is 1.16. The Hall–Kier alpha value is -2.47. The lowest BCUT2D eigenvalue weighted by molar-refractivity contribution is -0.115. The van der Waals surface area contributed by atoms with Gasteiger partial charge in [0.05, 0.1) is 15.8 Å². The summed E-state index contributed by atoms with van der Waals surface area (Å²) < 4.78 is 24.1. The first kappa shape index (κ1) is 20.3. The number of hydrogen-bond acceptors (Lipinski definition) is 7. The minimum absolute atomic E-state index is 0.0323. The minimum Gasteiger partial charge on any atom is -0.325 e. The highest BCUT2D eigenvalue weighted by molar-refractivity contribution is 8.00. The van der Waals surface area contributed by atoms with Crippen LogP contribution in [0.4, 0.5) is 5.69 Å². The number of nitrogens with two attached hydrogens (primary N) is 1. The molecule has 0 radical (unpaired) electrons. The fourth-order valence-electron chi connectivity index (χ4n) is 2.18. The number of tetrazole rings is 1. The Morgan fingerprint density at radius 2 is 1.82 bits per heavy atom. The molecule has 1 heterocycles. The molecular formula is C16H15ClN6O3S2. The molecule has 0 aliphatic heterocycles. The molecule has 1 atom stereocenters. The average Bonchev–Trinajstić information content (AvgIpc) is 3.10. The number of aromatic nitrogens is 4. The number of amides is 1. The van der Waals surface area contributed by atoms with Crippen LogP contribution >= 0.6 is 23.4 Å². The molecule has 1 amide bonds. The number of nitrogens with zero attached hydrogens (tertiary/aromatic N) is 4. The Morgan fingerprint density at radius 1 is 1.18 bits per heavy atom. The summed E-state index contributed by atoms with van der Waals surface area (Å²) in [6.45, 7) is 1.71. The summed E-state index contributed by atoms with van der Waals surface area (Å²) in [6.07, 6.45) is 0. The highest BCUT2D eigenvalue weighted by atomic mass is 35.5. The summed E-state index contributed by atoms with van der Waals surface area (Å²) in [5, 5.41) is 19.8. The van der Waals surface area contributed by atoms with Crippen LogP contribution in [0.15, 0.2) is 58.6 Å². The van der Waals surface area contributed by atoms with Crippen LogP contribution in [-0.4, -0.2) is 39.8 Å². The summed E-state index contributed by atoms with van der Waals surface area (Å²) in [4.78, 5) is 12.4. The summed E-state index contributed by atoms with van der Waals surface area (Å²) in [5.74, 6) is -0.293. The number of carbonyl (C=O) groups is 1. The topological polar surface area (TPSA) is 133 Å². The van der Waals surface area contributed by atoms with Gasteiger partial charge in [-0.25, -0.2) is 13.6 Å². The molecule has 0 saturated carbocycles. The fraction of sp³-hybridized carbons (Fsp3) is 0.125. The van der Waals surface area contributed by atoms with Crippen LogP contribution in [0.3, 0.4) is 0 Å². The first-order valence-electron chi connectivity index (χ1n) is 7.89. The molecule has 3 N–H and O–H groups in total. The molecule has 9 nitrogen and oxygen atoms in total. The lowest BCUT2D eigenvalue weighted by Gasteiger charge is -2.12. The quantitative estimate of drug-likeness (QED) is 0.563. The summed E-state index contributed by atoms with van der Waals surface area (Å²) in [6, 6.07) is 12.5. The predicted molar refractivity (Wildman–Crippen MR) is 106 cm³/mol. The van der Waals surface area contributed by atoms with Crippen LogP contribution in [0.5, 0.6) is 0 Å². The third-order valence-electron chi connectivity index (χ3n) is 3.61. The number of halogens is 1. The van der Waals surface area contributed by atoms with Gasteiger partial charge in [-0.1, -0.05) is 23.4 Å². The van der Waals surface area contributed by atoms with Crippen molar-refractivity contribution in [2.75, 3.05) is 5.32 Å². The highest BCUT2D eigenvalue weighted by Gasteiger charge is 2.19. The second kappa shape index (κ2) is 8.27. The van der Waals surface area contributed by atoms with Gasteiger partial charge in [-0.2, -0.15) is 4.68 Å². The molecule has 0 aliphatic carbocycles. The van der Waals surface area contributed by atoms with Crippen LogP contribution in [0.2, 0.25) is 5.02 Å². The van der Waals surface area contributed by atoms with Gasteiger partial charge in [0.15, 0.2) is 0 Å². The molecule has 0 fully saturated rings. The van der Waals surface area contributed by atoms with Crippen LogP contribution in [-0.2, 0) is 14.8 Å². The molecule has 0 bridgehead atoms. The molecule has 0 saturated heterocycles. The zero-order chi connectivity index (χ0) is 20.3. The SMILES string of the molecule is C[C@@H](Sc1nnnn1-c1ccc(Cl)cc1)C(=O)Nc1ccc(S(N)(=O)=O)cc1. The Kier molecular flexibility index (Phi) is 5.98. The molecule has 0 unspecified atom stereocenters. The second-order valence-electron chi connectivity index (χ2n) is 5.67. The largest absolute Gasteiger partial charge is 0.325 e. The van der Waals surface area contributed by atoms with Gasteiger partial charge in [-0.15, -0.1) is 5.10 Å². The third kappa shape index (κ3) is 4.87. The van der Waals surface area contributed by atoms with Crippen molar-refractivity contribution in [1.82, 2.24) is 20.2 Å². The molecule has 3 aromatic rings. The predicted octanol–water partition coefficient (Wildman–Crippen LogP) is 2.08. The fourth-order valence-corrected chi connectivity index (χ4v) is 3.63. The molecule has 12 heteroatoms. The smallest absolute Gasteiger partial charge is 0.238 e. The maximum atomic E-state index is 12.4. The number of carbonyl (C=O) groups excluding carboxylic acids is 1. The number of anilines is 1. The number of benzene rings is 2. The maximum absolute atomic E-state index is 12.4. The summed E-state index contributed by atoms with van der Waals surface area (Å²) in [7, 11) is -3.78. The van der Waals surface area contributed by atoms with E-state index in [4.69, 9.17) is 16.7 Å². The molecule has 3 rings (SSSR count). The van der Waals surface area contributed by atoms with Gasteiger partial charge in [0.25, 0.3) is 0 Å². The van der Waals surface area contributed by atoms with E-state index in [1.54, 1.807) is 31.2 Å². The molecular weight excluding hydrogens is 424 g/mol. The van der Waals surface area contributed by atoms with Crippen molar-refractivity contribution >= 4 is 45.0 Å². The molecule has 146 valence electrons. The van der Waals surface area contributed by atoms with Crippen molar-refractivity contribution < 1.29 is 13.2 Å². The molecule has 1 aromatic heterocycles. The van der Waals surface area contributed by atoms with Crippen LogP contribution in [0.1, 0.15) is 6.92 Å². The van der Waals surface area contributed by atoms with Gasteiger partial charge in [0.1, 0.15) is 0 Å². The van der Waals surface area contributed by atoms with Gasteiger partial charge in [-0.05, 0) is 65.9 Å². The normalized spacial score (nSPS) is 12.5. The lowest BCUT2D eigenvalue weighted by Crippen LogP contribution is -2.23.